The highest BCUT2D eigenvalue weighted by Crippen LogP contribution is 2.39. The van der Waals surface area contributed by atoms with Crippen LogP contribution in [0.15, 0.2) is 0 Å². The van der Waals surface area contributed by atoms with E-state index in [9.17, 15) is 0 Å². The molecule has 0 saturated carbocycles. The van der Waals surface area contributed by atoms with Gasteiger partial charge in [-0.25, -0.2) is 0 Å². The molecular weight excluding hydrogens is 361 g/mol. The summed E-state index contributed by atoms with van der Waals surface area (Å²) in [7, 11) is 0.340. The van der Waals surface area contributed by atoms with E-state index in [0.29, 0.717) is 7.84 Å². The minimum Gasteiger partial charge on any atom is -0.183 e. The van der Waals surface area contributed by atoms with Crippen LogP contribution in [-0.4, -0.2) is 15.2 Å². The van der Waals surface area contributed by atoms with Crippen molar-refractivity contribution < 1.29 is 0 Å². The molecule has 0 fully saturated rings. The SMILES string of the molecule is CCCCCCC1C=S(I)N(Br)C1. The number of rotatable bonds is 5. The normalized spacial score (nSPS) is 29.2. The molecule has 1 nitrogen and oxygen atoms in total. The predicted molar refractivity (Wildman–Crippen MR) is 75.6 cm³/mol. The molecule has 0 aromatic rings. The van der Waals surface area contributed by atoms with Gasteiger partial charge in [0, 0.05) is 43.9 Å². The molecule has 0 aromatic carbocycles. The van der Waals surface area contributed by atoms with Crippen LogP contribution in [0.5, 0.6) is 0 Å². The Labute approximate surface area is 105 Å². The van der Waals surface area contributed by atoms with Gasteiger partial charge in [0.2, 0.25) is 0 Å². The minimum absolute atomic E-state index is 0.340. The standard InChI is InChI=1S/C9H17BrINS/c1-2-3-4-5-6-9-7-12(10)13(11)8-9/h8-9H,2-7H2,1H3. The third-order valence-electron chi connectivity index (χ3n) is 2.30. The van der Waals surface area contributed by atoms with Gasteiger partial charge in [0.15, 0.2) is 0 Å². The topological polar surface area (TPSA) is 3.24 Å². The zero-order valence-electron chi connectivity index (χ0n) is 8.01. The molecule has 0 bridgehead atoms. The molecule has 4 heteroatoms. The lowest BCUT2D eigenvalue weighted by molar-refractivity contribution is 0.532. The van der Waals surface area contributed by atoms with Gasteiger partial charge in [0.1, 0.15) is 0 Å². The van der Waals surface area contributed by atoms with Crippen molar-refractivity contribution in [3.63, 3.8) is 0 Å². The van der Waals surface area contributed by atoms with E-state index in [-0.39, 0.29) is 0 Å². The second-order valence-electron chi connectivity index (χ2n) is 3.51. The van der Waals surface area contributed by atoms with Gasteiger partial charge < -0.3 is 0 Å². The Hall–Kier alpha value is 1.39. The van der Waals surface area contributed by atoms with Crippen molar-refractivity contribution in [1.82, 2.24) is 3.33 Å². The van der Waals surface area contributed by atoms with Crippen molar-refractivity contribution >= 4 is 50.6 Å². The monoisotopic (exact) mass is 377 g/mol. The molecule has 1 heterocycles. The van der Waals surface area contributed by atoms with Gasteiger partial charge in [-0.15, -0.1) is 0 Å². The van der Waals surface area contributed by atoms with Crippen molar-refractivity contribution in [1.29, 1.82) is 0 Å². The maximum atomic E-state index is 3.57. The van der Waals surface area contributed by atoms with Crippen LogP contribution in [0, 0.1) is 5.92 Å². The molecule has 78 valence electrons. The van der Waals surface area contributed by atoms with Gasteiger partial charge in [0.25, 0.3) is 0 Å². The molecular formula is C9H17BrINS. The molecule has 0 N–H and O–H groups in total. The average molecular weight is 378 g/mol. The Bertz CT molecular complexity index is 186. The zero-order chi connectivity index (χ0) is 9.68. The number of nitrogens with zero attached hydrogens (tertiary/aromatic N) is 1. The maximum Gasteiger partial charge on any atom is 0.0276 e. The summed E-state index contributed by atoms with van der Waals surface area (Å²) in [4.78, 5) is 0. The Kier molecular flexibility index (Phi) is 6.51. The fourth-order valence-corrected chi connectivity index (χ4v) is 4.91. The zero-order valence-corrected chi connectivity index (χ0v) is 12.6. The van der Waals surface area contributed by atoms with Crippen molar-refractivity contribution in [2.24, 2.45) is 5.92 Å². The van der Waals surface area contributed by atoms with Gasteiger partial charge in [-0.2, -0.15) is 3.33 Å². The molecule has 2 atom stereocenters. The van der Waals surface area contributed by atoms with Gasteiger partial charge in [-0.1, -0.05) is 32.6 Å². The van der Waals surface area contributed by atoms with Gasteiger partial charge >= 0.3 is 0 Å². The Morgan fingerprint density at radius 2 is 2.31 bits per heavy atom. The third kappa shape index (κ3) is 4.62. The van der Waals surface area contributed by atoms with Crippen molar-refractivity contribution in [2.45, 2.75) is 39.0 Å². The number of halogens is 2. The van der Waals surface area contributed by atoms with Crippen molar-refractivity contribution in [3.05, 3.63) is 0 Å². The molecule has 2 unspecified atom stereocenters. The molecule has 1 rings (SSSR count). The van der Waals surface area contributed by atoms with Crippen LogP contribution in [0.4, 0.5) is 0 Å². The number of unbranched alkanes of at least 4 members (excludes halogenated alkanes) is 3. The summed E-state index contributed by atoms with van der Waals surface area (Å²) >= 11 is 6.07. The first-order chi connectivity index (χ1) is 6.24. The van der Waals surface area contributed by atoms with E-state index in [1.165, 1.54) is 38.6 Å². The van der Waals surface area contributed by atoms with Crippen LogP contribution in [0.25, 0.3) is 0 Å². The largest absolute Gasteiger partial charge is 0.183 e. The highest BCUT2D eigenvalue weighted by Gasteiger charge is 2.19. The fourth-order valence-electron chi connectivity index (χ4n) is 1.52. The van der Waals surface area contributed by atoms with Crippen LogP contribution < -0.4 is 0 Å². The lowest BCUT2D eigenvalue weighted by atomic mass is 10.0. The van der Waals surface area contributed by atoms with Crippen molar-refractivity contribution in [3.8, 4) is 0 Å². The average Bonchev–Trinajstić information content (AvgIpc) is 2.41. The lowest BCUT2D eigenvalue weighted by Crippen LogP contribution is -2.08. The van der Waals surface area contributed by atoms with Crippen LogP contribution in [0.3, 0.4) is 0 Å². The third-order valence-corrected chi connectivity index (χ3v) is 8.59. The smallest absolute Gasteiger partial charge is 0.0276 e. The quantitative estimate of drug-likeness (QED) is 0.294. The van der Waals surface area contributed by atoms with Crippen LogP contribution in [0.1, 0.15) is 39.0 Å². The molecule has 0 aromatic heterocycles. The first-order valence-corrected chi connectivity index (χ1v) is 9.41. The summed E-state index contributed by atoms with van der Waals surface area (Å²) < 4.78 is 2.28. The first kappa shape index (κ1) is 12.5. The summed E-state index contributed by atoms with van der Waals surface area (Å²) in [6, 6.07) is 0. The highest BCUT2D eigenvalue weighted by atomic mass is 127. The second-order valence-corrected chi connectivity index (χ2v) is 8.78. The van der Waals surface area contributed by atoms with Gasteiger partial charge in [-0.3, -0.25) is 0 Å². The Morgan fingerprint density at radius 1 is 1.54 bits per heavy atom. The molecule has 1 aliphatic rings. The van der Waals surface area contributed by atoms with Gasteiger partial charge in [-0.05, 0) is 25.5 Å². The molecule has 1 aliphatic heterocycles. The summed E-state index contributed by atoms with van der Waals surface area (Å²) in [5, 5.41) is 2.49. The van der Waals surface area contributed by atoms with E-state index < -0.39 is 0 Å². The predicted octanol–water partition coefficient (Wildman–Crippen LogP) is 4.53. The van der Waals surface area contributed by atoms with E-state index in [1.54, 1.807) is 0 Å². The van der Waals surface area contributed by atoms with Crippen LogP contribution >= 0.6 is 45.2 Å². The van der Waals surface area contributed by atoms with E-state index in [2.05, 4.69) is 53.0 Å². The molecule has 0 aliphatic carbocycles. The van der Waals surface area contributed by atoms with Crippen molar-refractivity contribution in [2.75, 3.05) is 6.54 Å². The Balaban J connectivity index is 2.10. The minimum atomic E-state index is 0.340. The maximum absolute atomic E-state index is 3.57. The second kappa shape index (κ2) is 6.80. The molecule has 0 spiro atoms. The molecule has 0 saturated heterocycles. The first-order valence-electron chi connectivity index (χ1n) is 4.91. The van der Waals surface area contributed by atoms with Crippen LogP contribution in [0.2, 0.25) is 0 Å². The summed E-state index contributed by atoms with van der Waals surface area (Å²) in [5.74, 6) is 0.830. The number of hydrogen-bond acceptors (Lipinski definition) is 1. The van der Waals surface area contributed by atoms with E-state index in [0.717, 1.165) is 5.92 Å². The Morgan fingerprint density at radius 3 is 2.85 bits per heavy atom. The summed E-state index contributed by atoms with van der Waals surface area (Å²) in [6.07, 6.45) is 6.95. The van der Waals surface area contributed by atoms with E-state index in [1.807, 2.05) is 0 Å². The van der Waals surface area contributed by atoms with E-state index >= 15 is 0 Å². The van der Waals surface area contributed by atoms with Gasteiger partial charge in [0.05, 0.1) is 0 Å². The summed E-state index contributed by atoms with van der Waals surface area (Å²) in [5.41, 5.74) is 0. The molecule has 13 heavy (non-hydrogen) atoms. The summed E-state index contributed by atoms with van der Waals surface area (Å²) in [6.45, 7) is 3.47. The highest BCUT2D eigenvalue weighted by molar-refractivity contribution is 14.2. The molecule has 0 radical (unpaired) electrons. The molecule has 0 amide bonds. The number of hydrogen-bond donors (Lipinski definition) is 0. The fraction of sp³-hybridized carbons (Fsp3) is 0.889. The van der Waals surface area contributed by atoms with E-state index in [4.69, 9.17) is 0 Å². The van der Waals surface area contributed by atoms with Crippen LogP contribution in [-0.2, 0) is 0 Å². The lowest BCUT2D eigenvalue weighted by Gasteiger charge is -2.08.